The van der Waals surface area contributed by atoms with E-state index in [1.807, 2.05) is 72.9 Å². The van der Waals surface area contributed by atoms with E-state index in [2.05, 4.69) is 406 Å². The van der Waals surface area contributed by atoms with Crippen LogP contribution in [0.2, 0.25) is 0 Å². The third kappa shape index (κ3) is 11.9. The molecule has 10 heteroatoms. The van der Waals surface area contributed by atoms with Crippen LogP contribution in [0.15, 0.2) is 461 Å². The molecule has 20 aromatic carbocycles. The topological polar surface area (TPSA) is 96.5 Å². The van der Waals surface area contributed by atoms with E-state index in [0.29, 0.717) is 23.4 Å². The van der Waals surface area contributed by atoms with Gasteiger partial charge in [-0.05, 0) is 173 Å². The second-order valence-electron chi connectivity index (χ2n) is 35.4. The predicted molar refractivity (Wildman–Crippen MR) is 563 cm³/mol. The van der Waals surface area contributed by atoms with E-state index < -0.39 is 0 Å². The molecule has 0 spiro atoms. The Hall–Kier alpha value is -18.4. The van der Waals surface area contributed by atoms with Gasteiger partial charge in [0.25, 0.3) is 0 Å². The summed E-state index contributed by atoms with van der Waals surface area (Å²) >= 11 is 0. The van der Waals surface area contributed by atoms with E-state index >= 15 is 0 Å². The minimum Gasteiger partial charge on any atom is -0.309 e. The van der Waals surface area contributed by atoms with Gasteiger partial charge >= 0.3 is 0 Å². The molecule has 28 aromatic rings. The van der Waals surface area contributed by atoms with Gasteiger partial charge in [0, 0.05) is 105 Å². The van der Waals surface area contributed by atoms with Gasteiger partial charge in [-0.25, -0.2) is 24.9 Å². The van der Waals surface area contributed by atoms with E-state index in [1.165, 1.54) is 175 Å². The van der Waals surface area contributed by atoms with Gasteiger partial charge in [0.2, 0.25) is 5.95 Å². The second-order valence-corrected chi connectivity index (χ2v) is 35.4. The molecule has 0 aliphatic heterocycles. The molecule has 10 nitrogen and oxygen atoms in total. The number of aromatic nitrogens is 10. The molecule has 0 saturated carbocycles. The van der Waals surface area contributed by atoms with Crippen molar-refractivity contribution in [1.82, 2.24) is 48.0 Å². The van der Waals surface area contributed by atoms with Crippen molar-refractivity contribution in [1.29, 1.82) is 0 Å². The van der Waals surface area contributed by atoms with Gasteiger partial charge in [0.15, 0.2) is 17.5 Å². The van der Waals surface area contributed by atoms with Crippen molar-refractivity contribution < 1.29 is 0 Å². The highest BCUT2D eigenvalue weighted by atomic mass is 15.2. The van der Waals surface area contributed by atoms with Gasteiger partial charge in [0.1, 0.15) is 0 Å². The standard InChI is InChI=1S/C43H26N4.C42H25N3.C41H25N3/c1-3-12-28(13-4-1)41-44-42(29-14-5-2-6-15-29)46-43(45-41)30-17-9-18-31(26-30)47-36-23-11-22-35-33-20-8-7-19-32(33)34-21-10-16-27-24-25-37(47)40(38(27)34)39(35)36;1-2-10-26(11-3-1)27-20-22-29(23-21-27)41-34-15-6-7-18-35(34)43-42(44-41)45-36-19-9-17-33-31-14-5-4-13-30(31)32-16-8-12-28-24-25-37(45)40(38(28)32)39(33)36;1-2-10-26(11-3-1)28-20-22-34(42-25-28)27-12-8-13-29(24-27)43-37-19-9-16-32-30-14-4-6-17-35(30)44-36-18-7-5-15-31(36)33-21-23-38(43)40(39(32)37)41(33)44/h1-26H;1-25H;1-25H. The van der Waals surface area contributed by atoms with Crippen LogP contribution < -0.4 is 0 Å². The van der Waals surface area contributed by atoms with Crippen molar-refractivity contribution in [2.75, 3.05) is 0 Å². The van der Waals surface area contributed by atoms with E-state index in [4.69, 9.17) is 29.9 Å². The van der Waals surface area contributed by atoms with Gasteiger partial charge < -0.3 is 13.5 Å². The third-order valence-corrected chi connectivity index (χ3v) is 28.0. The Morgan fingerprint density at radius 3 is 1.12 bits per heavy atom. The molecule has 0 fully saturated rings. The Bertz CT molecular complexity index is 9720. The monoisotopic (exact) mass is 1730 g/mol. The molecule has 0 amide bonds. The first-order valence-electron chi connectivity index (χ1n) is 46.3. The van der Waals surface area contributed by atoms with Crippen molar-refractivity contribution in [2.24, 2.45) is 0 Å². The van der Waals surface area contributed by atoms with Gasteiger partial charge in [0.05, 0.1) is 66.6 Å². The number of benzene rings is 20. The molecule has 2 aliphatic rings. The van der Waals surface area contributed by atoms with Crippen LogP contribution in [-0.4, -0.2) is 48.0 Å². The molecule has 2 aliphatic carbocycles. The Balaban J connectivity index is 0.000000101. The Labute approximate surface area is 780 Å². The van der Waals surface area contributed by atoms with Crippen molar-refractivity contribution in [3.63, 3.8) is 0 Å². The van der Waals surface area contributed by atoms with E-state index in [0.717, 1.165) is 78.1 Å². The second kappa shape index (κ2) is 30.6. The smallest absolute Gasteiger partial charge is 0.235 e. The maximum absolute atomic E-state index is 5.36. The van der Waals surface area contributed by atoms with E-state index in [-0.39, 0.29) is 0 Å². The fourth-order valence-corrected chi connectivity index (χ4v) is 22.1. The summed E-state index contributed by atoms with van der Waals surface area (Å²) in [7, 11) is 0. The van der Waals surface area contributed by atoms with E-state index in [1.54, 1.807) is 0 Å². The zero-order chi connectivity index (χ0) is 89.2. The summed E-state index contributed by atoms with van der Waals surface area (Å²) in [5.41, 5.74) is 35.6. The molecule has 8 heterocycles. The SMILES string of the molecule is c1ccc(-c2ccc(-c3cccc(-n4c5cccc6c7ccccc7n7c8ccccc8c8ccc4c(c65)c87)c3)nc2)cc1.c1ccc(-c2ccc(-c3nc(-n4c5cccc6c5c5c7c(cccc7ccc54)-c4ccccc4-6)nc4ccccc34)cc2)cc1.c1ccc(-c2nc(-c3ccccc3)nc(-c3cccc(-n4c5cccc6c5c5c7c(cccc7ccc54)-c4ccccc4-6)c3)n2)cc1. The van der Waals surface area contributed by atoms with Crippen LogP contribution in [-0.2, 0) is 0 Å². The summed E-state index contributed by atoms with van der Waals surface area (Å²) in [6.07, 6.45) is 1.98. The average molecular weight is 1730 g/mol. The van der Waals surface area contributed by atoms with Crippen molar-refractivity contribution in [3.8, 4) is 141 Å². The molecule has 0 atom stereocenters. The van der Waals surface area contributed by atoms with Gasteiger partial charge in [-0.1, -0.05) is 370 Å². The fraction of sp³-hybridized carbons (Fsp3) is 0. The molecular weight excluding hydrogens is 1650 g/mol. The van der Waals surface area contributed by atoms with E-state index in [9.17, 15) is 0 Å². The van der Waals surface area contributed by atoms with Crippen LogP contribution in [0.3, 0.4) is 0 Å². The number of hydrogen-bond acceptors (Lipinski definition) is 6. The number of hydrogen-bond donors (Lipinski definition) is 0. The molecule has 0 unspecified atom stereocenters. The Morgan fingerprint density at radius 2 is 0.559 bits per heavy atom. The number of rotatable bonds is 10. The number of nitrogens with zero attached hydrogens (tertiary/aromatic N) is 10. The number of fused-ring (bicyclic) bond motifs is 13. The van der Waals surface area contributed by atoms with Crippen LogP contribution >= 0.6 is 0 Å². The first-order valence-corrected chi connectivity index (χ1v) is 46.3. The summed E-state index contributed by atoms with van der Waals surface area (Å²) in [5, 5.41) is 18.9. The largest absolute Gasteiger partial charge is 0.309 e. The molecule has 0 saturated heterocycles. The molecule has 0 bridgehead atoms. The summed E-state index contributed by atoms with van der Waals surface area (Å²) in [6.45, 7) is 0. The summed E-state index contributed by atoms with van der Waals surface area (Å²) < 4.78 is 9.60. The lowest BCUT2D eigenvalue weighted by Gasteiger charge is -2.14. The first kappa shape index (κ1) is 76.5. The number of pyridine rings is 1. The lowest BCUT2D eigenvalue weighted by molar-refractivity contribution is 1.01. The zero-order valence-corrected chi connectivity index (χ0v) is 73.4. The molecule has 0 radical (unpaired) electrons. The van der Waals surface area contributed by atoms with Gasteiger partial charge in [-0.3, -0.25) is 9.55 Å². The summed E-state index contributed by atoms with van der Waals surface area (Å²) in [4.78, 5) is 30.4. The molecule has 0 N–H and O–H groups in total. The van der Waals surface area contributed by atoms with Crippen molar-refractivity contribution in [2.45, 2.75) is 0 Å². The lowest BCUT2D eigenvalue weighted by Crippen LogP contribution is -2.03. The van der Waals surface area contributed by atoms with Gasteiger partial charge in [-0.2, -0.15) is 0 Å². The highest BCUT2D eigenvalue weighted by Gasteiger charge is 2.30. The fourth-order valence-electron chi connectivity index (χ4n) is 22.1. The normalized spacial score (nSPS) is 12.0. The quantitative estimate of drug-likeness (QED) is 0.135. The van der Waals surface area contributed by atoms with Crippen LogP contribution in [0, 0.1) is 0 Å². The van der Waals surface area contributed by atoms with Crippen LogP contribution in [0.5, 0.6) is 0 Å². The molecular formula is C126H76N10. The third-order valence-electron chi connectivity index (χ3n) is 28.0. The zero-order valence-electron chi connectivity index (χ0n) is 73.4. The minimum absolute atomic E-state index is 0.642. The maximum atomic E-state index is 5.36. The van der Waals surface area contributed by atoms with Crippen LogP contribution in [0.1, 0.15) is 0 Å². The van der Waals surface area contributed by atoms with Crippen LogP contribution in [0.25, 0.3) is 277 Å². The number of para-hydroxylation sites is 3. The maximum Gasteiger partial charge on any atom is 0.235 e. The van der Waals surface area contributed by atoms with Gasteiger partial charge in [-0.15, -0.1) is 0 Å². The van der Waals surface area contributed by atoms with Crippen molar-refractivity contribution in [3.05, 3.63) is 461 Å². The first-order chi connectivity index (χ1) is 67.5. The highest BCUT2D eigenvalue weighted by molar-refractivity contribution is 6.35. The highest BCUT2D eigenvalue weighted by Crippen LogP contribution is 2.54. The predicted octanol–water partition coefficient (Wildman–Crippen LogP) is 32.3. The summed E-state index contributed by atoms with van der Waals surface area (Å²) in [5.74, 6) is 2.63. The molecule has 136 heavy (non-hydrogen) atoms. The van der Waals surface area contributed by atoms with Crippen LogP contribution in [0.4, 0.5) is 0 Å². The molecule has 630 valence electrons. The summed E-state index contributed by atoms with van der Waals surface area (Å²) in [6, 6.07) is 162. The minimum atomic E-state index is 0.642. The average Bonchev–Trinajstić information content (AvgIpc) is 1.52. The van der Waals surface area contributed by atoms with Crippen molar-refractivity contribution >= 4 is 136 Å². The molecule has 8 aromatic heterocycles. The Morgan fingerprint density at radius 1 is 0.184 bits per heavy atom. The lowest BCUT2D eigenvalue weighted by atomic mass is 9.93. The molecule has 30 rings (SSSR count). The Kier molecular flexibility index (Phi) is 17.2.